The third kappa shape index (κ3) is 4.46. The Labute approximate surface area is 111 Å². The fraction of sp³-hybridized carbons (Fsp3) is 0.733. The first kappa shape index (κ1) is 13.6. The minimum atomic E-state index is 0.919. The van der Waals surface area contributed by atoms with Crippen LogP contribution in [0.25, 0.3) is 0 Å². The molecule has 1 N–H and O–H groups in total. The van der Waals surface area contributed by atoms with Crippen LogP contribution in [0.15, 0.2) is 23.0 Å². The number of likely N-dealkylation sites (tertiary alicyclic amines) is 1. The summed E-state index contributed by atoms with van der Waals surface area (Å²) in [5, 5.41) is 3.48. The number of hydrogen-bond acceptors (Lipinski definition) is 3. The summed E-state index contributed by atoms with van der Waals surface area (Å²) in [7, 11) is 0. The Morgan fingerprint density at radius 1 is 1.39 bits per heavy atom. The van der Waals surface area contributed by atoms with Crippen LogP contribution in [0.1, 0.15) is 38.2 Å². The van der Waals surface area contributed by atoms with Crippen molar-refractivity contribution in [3.05, 3.63) is 24.2 Å². The lowest BCUT2D eigenvalue weighted by Gasteiger charge is -2.20. The molecular formula is C15H26N2O. The molecule has 102 valence electrons. The van der Waals surface area contributed by atoms with Crippen molar-refractivity contribution < 1.29 is 4.42 Å². The fourth-order valence-electron chi connectivity index (χ4n) is 2.72. The summed E-state index contributed by atoms with van der Waals surface area (Å²) in [4.78, 5) is 2.61. The molecule has 1 atom stereocenters. The summed E-state index contributed by atoms with van der Waals surface area (Å²) in [6, 6.07) is 2.02. The third-order valence-corrected chi connectivity index (χ3v) is 4.03. The van der Waals surface area contributed by atoms with Gasteiger partial charge in [-0.05, 0) is 44.3 Å². The number of hydrogen-bond donors (Lipinski definition) is 1. The summed E-state index contributed by atoms with van der Waals surface area (Å²) < 4.78 is 5.05. The number of nitrogens with zero attached hydrogens (tertiary/aromatic N) is 1. The first-order valence-corrected chi connectivity index (χ1v) is 7.32. The molecule has 1 aromatic heterocycles. The maximum absolute atomic E-state index is 5.05. The first-order chi connectivity index (χ1) is 8.88. The summed E-state index contributed by atoms with van der Waals surface area (Å²) >= 11 is 0. The third-order valence-electron chi connectivity index (χ3n) is 4.03. The molecule has 1 unspecified atom stereocenters. The molecule has 1 fully saturated rings. The molecule has 0 aliphatic carbocycles. The van der Waals surface area contributed by atoms with Crippen LogP contribution in [0, 0.1) is 5.92 Å². The standard InChI is InChI=1S/C15H26N2O/c1-2-14-4-3-8-17(9-5-14)10-7-16-12-15-6-11-18-13-15/h6,11,13-14,16H,2-5,7-10,12H2,1H3. The molecule has 1 aromatic rings. The molecule has 0 aromatic carbocycles. The van der Waals surface area contributed by atoms with Crippen LogP contribution < -0.4 is 5.32 Å². The van der Waals surface area contributed by atoms with Gasteiger partial charge in [-0.15, -0.1) is 0 Å². The summed E-state index contributed by atoms with van der Waals surface area (Å²) in [5.41, 5.74) is 1.23. The minimum Gasteiger partial charge on any atom is -0.472 e. The Bertz CT molecular complexity index is 310. The van der Waals surface area contributed by atoms with E-state index in [2.05, 4.69) is 17.1 Å². The van der Waals surface area contributed by atoms with Gasteiger partial charge in [0.25, 0.3) is 0 Å². The second kappa shape index (κ2) is 7.59. The van der Waals surface area contributed by atoms with Crippen LogP contribution >= 0.6 is 0 Å². The van der Waals surface area contributed by atoms with E-state index in [0.717, 1.165) is 19.0 Å². The van der Waals surface area contributed by atoms with E-state index in [4.69, 9.17) is 4.42 Å². The maximum atomic E-state index is 5.05. The van der Waals surface area contributed by atoms with Crippen LogP contribution in [-0.4, -0.2) is 31.1 Å². The molecule has 0 saturated carbocycles. The Morgan fingerprint density at radius 2 is 2.33 bits per heavy atom. The van der Waals surface area contributed by atoms with Gasteiger partial charge in [-0.2, -0.15) is 0 Å². The molecular weight excluding hydrogens is 224 g/mol. The van der Waals surface area contributed by atoms with Crippen molar-refractivity contribution >= 4 is 0 Å². The van der Waals surface area contributed by atoms with Crippen molar-refractivity contribution in [2.75, 3.05) is 26.2 Å². The van der Waals surface area contributed by atoms with E-state index in [1.165, 1.54) is 50.9 Å². The fourth-order valence-corrected chi connectivity index (χ4v) is 2.72. The highest BCUT2D eigenvalue weighted by Crippen LogP contribution is 2.19. The maximum Gasteiger partial charge on any atom is 0.0947 e. The highest BCUT2D eigenvalue weighted by molar-refractivity contribution is 5.04. The second-order valence-electron chi connectivity index (χ2n) is 5.36. The average molecular weight is 250 g/mol. The molecule has 0 bridgehead atoms. The van der Waals surface area contributed by atoms with Gasteiger partial charge < -0.3 is 14.6 Å². The van der Waals surface area contributed by atoms with Crippen LogP contribution in [0.5, 0.6) is 0 Å². The quantitative estimate of drug-likeness (QED) is 0.787. The lowest BCUT2D eigenvalue weighted by atomic mass is 9.98. The molecule has 3 nitrogen and oxygen atoms in total. The molecule has 0 amide bonds. The van der Waals surface area contributed by atoms with E-state index < -0.39 is 0 Å². The van der Waals surface area contributed by atoms with Crippen LogP contribution in [0.4, 0.5) is 0 Å². The summed E-state index contributed by atoms with van der Waals surface area (Å²) in [6.45, 7) is 8.06. The SMILES string of the molecule is CCC1CCCN(CCNCc2ccoc2)CC1. The zero-order valence-corrected chi connectivity index (χ0v) is 11.5. The van der Waals surface area contributed by atoms with Crippen molar-refractivity contribution in [3.8, 4) is 0 Å². The Kier molecular flexibility index (Phi) is 5.75. The van der Waals surface area contributed by atoms with E-state index in [1.54, 1.807) is 6.26 Å². The summed E-state index contributed by atoms with van der Waals surface area (Å²) in [6.07, 6.45) is 9.09. The molecule has 2 heterocycles. The molecule has 1 saturated heterocycles. The average Bonchev–Trinajstić information content (AvgIpc) is 2.80. The van der Waals surface area contributed by atoms with Crippen molar-refractivity contribution in [3.63, 3.8) is 0 Å². The number of rotatable bonds is 6. The Morgan fingerprint density at radius 3 is 3.11 bits per heavy atom. The number of nitrogens with one attached hydrogen (secondary N) is 1. The van der Waals surface area contributed by atoms with E-state index in [1.807, 2.05) is 12.3 Å². The van der Waals surface area contributed by atoms with Crippen molar-refractivity contribution in [1.82, 2.24) is 10.2 Å². The van der Waals surface area contributed by atoms with Crippen LogP contribution in [0.3, 0.4) is 0 Å². The molecule has 18 heavy (non-hydrogen) atoms. The zero-order valence-electron chi connectivity index (χ0n) is 11.5. The smallest absolute Gasteiger partial charge is 0.0947 e. The van der Waals surface area contributed by atoms with E-state index >= 15 is 0 Å². The first-order valence-electron chi connectivity index (χ1n) is 7.32. The van der Waals surface area contributed by atoms with Crippen molar-refractivity contribution in [2.24, 2.45) is 5.92 Å². The highest BCUT2D eigenvalue weighted by Gasteiger charge is 2.14. The van der Waals surface area contributed by atoms with Gasteiger partial charge in [-0.1, -0.05) is 13.3 Å². The van der Waals surface area contributed by atoms with E-state index in [0.29, 0.717) is 0 Å². The molecule has 0 spiro atoms. The molecule has 1 aliphatic heterocycles. The zero-order chi connectivity index (χ0) is 12.6. The topological polar surface area (TPSA) is 28.4 Å². The second-order valence-corrected chi connectivity index (χ2v) is 5.36. The lowest BCUT2D eigenvalue weighted by molar-refractivity contribution is 0.279. The lowest BCUT2D eigenvalue weighted by Crippen LogP contribution is -2.32. The van der Waals surface area contributed by atoms with E-state index in [9.17, 15) is 0 Å². The largest absolute Gasteiger partial charge is 0.472 e. The van der Waals surface area contributed by atoms with Gasteiger partial charge in [0.1, 0.15) is 0 Å². The molecule has 0 radical (unpaired) electrons. The normalized spacial score (nSPS) is 21.9. The molecule has 3 heteroatoms. The van der Waals surface area contributed by atoms with Crippen LogP contribution in [-0.2, 0) is 6.54 Å². The van der Waals surface area contributed by atoms with Gasteiger partial charge >= 0.3 is 0 Å². The van der Waals surface area contributed by atoms with Crippen LogP contribution in [0.2, 0.25) is 0 Å². The van der Waals surface area contributed by atoms with Gasteiger partial charge in [-0.25, -0.2) is 0 Å². The van der Waals surface area contributed by atoms with Gasteiger partial charge in [0.05, 0.1) is 12.5 Å². The Balaban J connectivity index is 1.58. The van der Waals surface area contributed by atoms with Gasteiger partial charge in [-0.3, -0.25) is 0 Å². The molecule has 2 rings (SSSR count). The van der Waals surface area contributed by atoms with Gasteiger partial charge in [0.2, 0.25) is 0 Å². The van der Waals surface area contributed by atoms with Gasteiger partial charge in [0.15, 0.2) is 0 Å². The highest BCUT2D eigenvalue weighted by atomic mass is 16.3. The Hall–Kier alpha value is -0.800. The van der Waals surface area contributed by atoms with Crippen molar-refractivity contribution in [1.29, 1.82) is 0 Å². The van der Waals surface area contributed by atoms with Gasteiger partial charge in [0, 0.05) is 25.2 Å². The minimum absolute atomic E-state index is 0.919. The summed E-state index contributed by atoms with van der Waals surface area (Å²) in [5.74, 6) is 0.967. The predicted molar refractivity (Wildman–Crippen MR) is 74.5 cm³/mol. The predicted octanol–water partition coefficient (Wildman–Crippen LogP) is 2.88. The van der Waals surface area contributed by atoms with Crippen molar-refractivity contribution in [2.45, 2.75) is 39.2 Å². The monoisotopic (exact) mass is 250 g/mol. The number of furan rings is 1. The van der Waals surface area contributed by atoms with E-state index in [-0.39, 0.29) is 0 Å². The molecule has 1 aliphatic rings.